The first-order valence-corrected chi connectivity index (χ1v) is 9.94. The number of carbonyl (C=O) groups excluding carboxylic acids is 1. The summed E-state index contributed by atoms with van der Waals surface area (Å²) in [6.45, 7) is 8.38. The molecule has 0 bridgehead atoms. The highest BCUT2D eigenvalue weighted by molar-refractivity contribution is 5.97. The Morgan fingerprint density at radius 2 is 1.71 bits per heavy atom. The molecule has 6 heteroatoms. The molecule has 1 saturated heterocycles. The molecule has 0 aliphatic carbocycles. The van der Waals surface area contributed by atoms with Crippen LogP contribution in [0.1, 0.15) is 24.2 Å². The van der Waals surface area contributed by atoms with E-state index in [2.05, 4.69) is 28.5 Å². The molecule has 2 aromatic carbocycles. The van der Waals surface area contributed by atoms with Crippen LogP contribution in [0.2, 0.25) is 0 Å². The summed E-state index contributed by atoms with van der Waals surface area (Å²) in [6, 6.07) is 15.7. The average Bonchev–Trinajstić information content (AvgIpc) is 3.13. The van der Waals surface area contributed by atoms with Gasteiger partial charge >= 0.3 is 0 Å². The molecular weight excluding hydrogens is 352 g/mol. The number of aromatic nitrogens is 2. The van der Waals surface area contributed by atoms with Crippen LogP contribution in [0.5, 0.6) is 5.75 Å². The zero-order chi connectivity index (χ0) is 19.5. The fourth-order valence-electron chi connectivity index (χ4n) is 3.82. The first-order chi connectivity index (χ1) is 13.7. The van der Waals surface area contributed by atoms with E-state index < -0.39 is 0 Å². The van der Waals surface area contributed by atoms with Crippen molar-refractivity contribution in [2.75, 3.05) is 37.7 Å². The number of fused-ring (bicyclic) bond motifs is 1. The normalized spacial score (nSPS) is 14.5. The quantitative estimate of drug-likeness (QED) is 0.683. The van der Waals surface area contributed by atoms with E-state index in [9.17, 15) is 4.79 Å². The minimum Gasteiger partial charge on any atom is -0.493 e. The van der Waals surface area contributed by atoms with Crippen molar-refractivity contribution in [3.05, 3.63) is 54.1 Å². The van der Waals surface area contributed by atoms with E-state index in [1.807, 2.05) is 48.2 Å². The van der Waals surface area contributed by atoms with E-state index in [-0.39, 0.29) is 5.91 Å². The van der Waals surface area contributed by atoms with Crippen molar-refractivity contribution in [1.29, 1.82) is 0 Å². The molecule has 0 spiro atoms. The van der Waals surface area contributed by atoms with Crippen molar-refractivity contribution < 1.29 is 9.53 Å². The molecule has 2 heterocycles. The Hall–Kier alpha value is -3.02. The van der Waals surface area contributed by atoms with Gasteiger partial charge in [0, 0.05) is 32.7 Å². The fourth-order valence-corrected chi connectivity index (χ4v) is 3.82. The first-order valence-electron chi connectivity index (χ1n) is 9.94. The molecule has 6 nitrogen and oxygen atoms in total. The molecule has 0 N–H and O–H groups in total. The van der Waals surface area contributed by atoms with Crippen LogP contribution in [0.15, 0.2) is 48.5 Å². The van der Waals surface area contributed by atoms with E-state index in [1.165, 1.54) is 0 Å². The van der Waals surface area contributed by atoms with Gasteiger partial charge in [0.25, 0.3) is 5.91 Å². The highest BCUT2D eigenvalue weighted by Crippen LogP contribution is 2.25. The molecule has 3 aromatic rings. The number of rotatable bonds is 5. The third-order valence-corrected chi connectivity index (χ3v) is 5.22. The van der Waals surface area contributed by atoms with E-state index in [0.717, 1.165) is 36.6 Å². The van der Waals surface area contributed by atoms with Gasteiger partial charge in [-0.25, -0.2) is 4.98 Å². The fraction of sp³-hybridized carbons (Fsp3) is 0.364. The number of imidazole rings is 1. The Balaban J connectivity index is 1.50. The molecule has 0 unspecified atom stereocenters. The molecule has 1 aliphatic heterocycles. The lowest BCUT2D eigenvalue weighted by Crippen LogP contribution is -2.49. The predicted octanol–water partition coefficient (Wildman–Crippen LogP) is 3.42. The van der Waals surface area contributed by atoms with Crippen molar-refractivity contribution in [3.8, 4) is 5.75 Å². The minimum atomic E-state index is 0.0349. The van der Waals surface area contributed by atoms with Crippen LogP contribution < -0.4 is 9.64 Å². The molecular formula is C22H26N4O2. The van der Waals surface area contributed by atoms with Crippen LogP contribution in [0.25, 0.3) is 11.0 Å². The number of ether oxygens (including phenoxy) is 1. The maximum Gasteiger partial charge on any atom is 0.257 e. The van der Waals surface area contributed by atoms with Gasteiger partial charge in [-0.05, 0) is 38.1 Å². The zero-order valence-corrected chi connectivity index (χ0v) is 16.5. The number of para-hydroxylation sites is 3. The summed E-state index contributed by atoms with van der Waals surface area (Å²) in [5.41, 5.74) is 2.81. The van der Waals surface area contributed by atoms with Gasteiger partial charge in [-0.2, -0.15) is 0 Å². The number of nitrogens with zero attached hydrogens (tertiary/aromatic N) is 4. The summed E-state index contributed by atoms with van der Waals surface area (Å²) >= 11 is 0. The number of amides is 1. The van der Waals surface area contributed by atoms with Crippen molar-refractivity contribution >= 4 is 22.9 Å². The second-order valence-electron chi connectivity index (χ2n) is 6.85. The Kier molecular flexibility index (Phi) is 5.19. The summed E-state index contributed by atoms with van der Waals surface area (Å²) in [4.78, 5) is 22.0. The Morgan fingerprint density at radius 3 is 2.46 bits per heavy atom. The third kappa shape index (κ3) is 3.30. The Morgan fingerprint density at radius 1 is 1.00 bits per heavy atom. The van der Waals surface area contributed by atoms with Crippen LogP contribution >= 0.6 is 0 Å². The highest BCUT2D eigenvalue weighted by Gasteiger charge is 2.26. The van der Waals surface area contributed by atoms with Crippen LogP contribution in [0.3, 0.4) is 0 Å². The topological polar surface area (TPSA) is 50.6 Å². The molecule has 28 heavy (non-hydrogen) atoms. The lowest BCUT2D eigenvalue weighted by Gasteiger charge is -2.35. The average molecular weight is 378 g/mol. The molecule has 1 amide bonds. The van der Waals surface area contributed by atoms with Crippen molar-refractivity contribution in [2.24, 2.45) is 0 Å². The van der Waals surface area contributed by atoms with Gasteiger partial charge in [0.05, 0.1) is 23.2 Å². The number of piperazine rings is 1. The zero-order valence-electron chi connectivity index (χ0n) is 16.5. The lowest BCUT2D eigenvalue weighted by atomic mass is 10.1. The SMILES string of the molecule is CCOc1ccccc1C(=O)N1CCN(c2nc3ccccc3n2CC)CC1. The molecule has 1 fully saturated rings. The van der Waals surface area contributed by atoms with Crippen molar-refractivity contribution in [1.82, 2.24) is 14.5 Å². The molecule has 1 aliphatic rings. The standard InChI is InChI=1S/C22H26N4O2/c1-3-26-19-11-7-6-10-18(19)23-22(26)25-15-13-24(14-16-25)21(27)17-9-5-8-12-20(17)28-4-2/h5-12H,3-4,13-16H2,1-2H3. The maximum absolute atomic E-state index is 13.0. The van der Waals surface area contributed by atoms with Gasteiger partial charge in [-0.3, -0.25) is 4.79 Å². The van der Waals surface area contributed by atoms with Crippen LogP contribution in [0.4, 0.5) is 5.95 Å². The second-order valence-corrected chi connectivity index (χ2v) is 6.85. The summed E-state index contributed by atoms with van der Waals surface area (Å²) < 4.78 is 7.88. The number of hydrogen-bond donors (Lipinski definition) is 0. The molecule has 146 valence electrons. The Labute approximate surface area is 165 Å². The highest BCUT2D eigenvalue weighted by atomic mass is 16.5. The molecule has 0 saturated carbocycles. The number of aryl methyl sites for hydroxylation is 1. The monoisotopic (exact) mass is 378 g/mol. The van der Waals surface area contributed by atoms with Gasteiger partial charge in [-0.1, -0.05) is 24.3 Å². The van der Waals surface area contributed by atoms with Crippen LogP contribution in [0, 0.1) is 0 Å². The number of carbonyl (C=O) groups is 1. The third-order valence-electron chi connectivity index (χ3n) is 5.22. The van der Waals surface area contributed by atoms with E-state index in [4.69, 9.17) is 9.72 Å². The smallest absolute Gasteiger partial charge is 0.257 e. The second kappa shape index (κ2) is 7.92. The largest absolute Gasteiger partial charge is 0.493 e. The number of anilines is 1. The van der Waals surface area contributed by atoms with E-state index in [0.29, 0.717) is 31.0 Å². The van der Waals surface area contributed by atoms with Crippen molar-refractivity contribution in [2.45, 2.75) is 20.4 Å². The van der Waals surface area contributed by atoms with Gasteiger partial charge < -0.3 is 19.1 Å². The summed E-state index contributed by atoms with van der Waals surface area (Å²) in [7, 11) is 0. The maximum atomic E-state index is 13.0. The lowest BCUT2D eigenvalue weighted by molar-refractivity contribution is 0.0742. The van der Waals surface area contributed by atoms with Crippen molar-refractivity contribution in [3.63, 3.8) is 0 Å². The van der Waals surface area contributed by atoms with Crippen LogP contribution in [-0.4, -0.2) is 53.1 Å². The molecule has 4 rings (SSSR count). The van der Waals surface area contributed by atoms with Gasteiger partial charge in [-0.15, -0.1) is 0 Å². The minimum absolute atomic E-state index is 0.0349. The van der Waals surface area contributed by atoms with E-state index in [1.54, 1.807) is 0 Å². The van der Waals surface area contributed by atoms with Crippen LogP contribution in [-0.2, 0) is 6.54 Å². The summed E-state index contributed by atoms with van der Waals surface area (Å²) in [5.74, 6) is 1.68. The van der Waals surface area contributed by atoms with Gasteiger partial charge in [0.1, 0.15) is 5.75 Å². The molecule has 1 aromatic heterocycles. The van der Waals surface area contributed by atoms with E-state index >= 15 is 0 Å². The number of benzene rings is 2. The summed E-state index contributed by atoms with van der Waals surface area (Å²) in [5, 5.41) is 0. The van der Waals surface area contributed by atoms with Gasteiger partial charge in [0.2, 0.25) is 5.95 Å². The Bertz CT molecular complexity index is 974. The molecule has 0 radical (unpaired) electrons. The first kappa shape index (κ1) is 18.3. The molecule has 0 atom stereocenters. The number of hydrogen-bond acceptors (Lipinski definition) is 4. The summed E-state index contributed by atoms with van der Waals surface area (Å²) in [6.07, 6.45) is 0. The predicted molar refractivity (Wildman–Crippen MR) is 111 cm³/mol. The van der Waals surface area contributed by atoms with Gasteiger partial charge in [0.15, 0.2) is 0 Å².